The van der Waals surface area contributed by atoms with Crippen molar-refractivity contribution in [3.63, 3.8) is 0 Å². The number of carbonyl (C=O) groups is 1. The second kappa shape index (κ2) is 4.62. The Morgan fingerprint density at radius 3 is 2.65 bits per heavy atom. The molecule has 0 fully saturated rings. The van der Waals surface area contributed by atoms with Gasteiger partial charge < -0.3 is 9.15 Å². The van der Waals surface area contributed by atoms with E-state index in [1.54, 1.807) is 12.1 Å². The Kier molecular flexibility index (Phi) is 3.35. The molecular formula is C11H6Br2O4. The van der Waals surface area contributed by atoms with Gasteiger partial charge in [-0.25, -0.2) is 9.59 Å². The summed E-state index contributed by atoms with van der Waals surface area (Å²) in [5.41, 5.74) is -0.441. The smallest absolute Gasteiger partial charge is 0.351 e. The quantitative estimate of drug-likeness (QED) is 0.578. The normalized spacial score (nSPS) is 10.5. The lowest BCUT2D eigenvalue weighted by Crippen LogP contribution is -2.14. The van der Waals surface area contributed by atoms with Crippen LogP contribution in [0.5, 0.6) is 0 Å². The second-order valence-corrected chi connectivity index (χ2v) is 5.02. The Balaban J connectivity index is 2.81. The molecule has 0 aliphatic carbocycles. The van der Waals surface area contributed by atoms with E-state index in [2.05, 4.69) is 36.6 Å². The summed E-state index contributed by atoms with van der Waals surface area (Å²) in [7, 11) is 1.21. The summed E-state index contributed by atoms with van der Waals surface area (Å²) < 4.78 is 11.0. The maximum Gasteiger partial charge on any atom is 0.351 e. The minimum absolute atomic E-state index is 0.120. The monoisotopic (exact) mass is 360 g/mol. The van der Waals surface area contributed by atoms with Crippen molar-refractivity contribution in [1.82, 2.24) is 0 Å². The summed E-state index contributed by atoms with van der Waals surface area (Å²) in [5.74, 6) is -0.711. The molecule has 0 atom stereocenters. The first-order valence-electron chi connectivity index (χ1n) is 4.54. The standard InChI is InChI=1S/C11H6Br2O4/c1-16-10(14)7-3-5-2-6(12)4-8(13)9(5)17-11(7)15/h2-4H,1H3. The Morgan fingerprint density at radius 1 is 1.29 bits per heavy atom. The van der Waals surface area contributed by atoms with Crippen LogP contribution in [-0.4, -0.2) is 13.1 Å². The van der Waals surface area contributed by atoms with Gasteiger partial charge in [-0.1, -0.05) is 15.9 Å². The molecular weight excluding hydrogens is 356 g/mol. The molecule has 1 heterocycles. The minimum Gasteiger partial charge on any atom is -0.465 e. The van der Waals surface area contributed by atoms with Crippen LogP contribution in [0.25, 0.3) is 11.0 Å². The maximum atomic E-state index is 11.6. The molecule has 17 heavy (non-hydrogen) atoms. The molecule has 4 nitrogen and oxygen atoms in total. The highest BCUT2D eigenvalue weighted by atomic mass is 79.9. The first kappa shape index (κ1) is 12.3. The molecule has 0 aliphatic rings. The highest BCUT2D eigenvalue weighted by Crippen LogP contribution is 2.27. The lowest BCUT2D eigenvalue weighted by atomic mass is 10.2. The minimum atomic E-state index is -0.715. The molecule has 2 rings (SSSR count). The van der Waals surface area contributed by atoms with Gasteiger partial charge in [-0.2, -0.15) is 0 Å². The van der Waals surface area contributed by atoms with Gasteiger partial charge in [0.15, 0.2) is 5.58 Å². The number of carbonyl (C=O) groups excluding carboxylic acids is 1. The third kappa shape index (κ3) is 2.28. The highest BCUT2D eigenvalue weighted by molar-refractivity contribution is 9.11. The van der Waals surface area contributed by atoms with E-state index < -0.39 is 11.6 Å². The molecule has 0 N–H and O–H groups in total. The third-order valence-corrected chi connectivity index (χ3v) is 3.20. The predicted molar refractivity (Wildman–Crippen MR) is 69.2 cm³/mol. The molecule has 0 bridgehead atoms. The SMILES string of the molecule is COC(=O)c1cc2cc(Br)cc(Br)c2oc1=O. The van der Waals surface area contributed by atoms with Gasteiger partial charge in [0.2, 0.25) is 0 Å². The number of halogens is 2. The molecule has 1 aromatic heterocycles. The van der Waals surface area contributed by atoms with Gasteiger partial charge in [-0.05, 0) is 34.1 Å². The molecule has 0 spiro atoms. The summed E-state index contributed by atoms with van der Waals surface area (Å²) in [6, 6.07) is 4.95. The zero-order valence-electron chi connectivity index (χ0n) is 8.62. The van der Waals surface area contributed by atoms with E-state index in [1.165, 1.54) is 13.2 Å². The first-order valence-corrected chi connectivity index (χ1v) is 6.12. The molecule has 0 unspecified atom stereocenters. The number of rotatable bonds is 1. The number of ether oxygens (including phenoxy) is 1. The number of benzene rings is 1. The van der Waals surface area contributed by atoms with E-state index in [-0.39, 0.29) is 5.56 Å². The van der Waals surface area contributed by atoms with Crippen molar-refractivity contribution in [2.24, 2.45) is 0 Å². The fourth-order valence-electron chi connectivity index (χ4n) is 1.41. The molecule has 0 aliphatic heterocycles. The van der Waals surface area contributed by atoms with Crippen molar-refractivity contribution in [2.75, 3.05) is 7.11 Å². The molecule has 0 amide bonds. The zero-order valence-corrected chi connectivity index (χ0v) is 11.8. The van der Waals surface area contributed by atoms with E-state index in [1.807, 2.05) is 0 Å². The Bertz CT molecular complexity index is 660. The predicted octanol–water partition coefficient (Wildman–Crippen LogP) is 3.10. The van der Waals surface area contributed by atoms with Crippen molar-refractivity contribution < 1.29 is 13.9 Å². The van der Waals surface area contributed by atoms with Crippen LogP contribution >= 0.6 is 31.9 Å². The van der Waals surface area contributed by atoms with Crippen molar-refractivity contribution in [3.8, 4) is 0 Å². The van der Waals surface area contributed by atoms with E-state index in [0.717, 1.165) is 4.47 Å². The lowest BCUT2D eigenvalue weighted by molar-refractivity contribution is 0.0596. The van der Waals surface area contributed by atoms with Gasteiger partial charge in [0.1, 0.15) is 5.56 Å². The van der Waals surface area contributed by atoms with Crippen LogP contribution in [0.4, 0.5) is 0 Å². The maximum absolute atomic E-state index is 11.6. The lowest BCUT2D eigenvalue weighted by Gasteiger charge is -2.03. The third-order valence-electron chi connectivity index (χ3n) is 2.16. The van der Waals surface area contributed by atoms with Gasteiger partial charge >= 0.3 is 11.6 Å². The summed E-state index contributed by atoms with van der Waals surface area (Å²) in [6.45, 7) is 0. The number of hydrogen-bond acceptors (Lipinski definition) is 4. The molecule has 0 saturated carbocycles. The number of fused-ring (bicyclic) bond motifs is 1. The van der Waals surface area contributed by atoms with Crippen LogP contribution in [0, 0.1) is 0 Å². The fourth-order valence-corrected chi connectivity index (χ4v) is 2.75. The molecule has 0 radical (unpaired) electrons. The largest absolute Gasteiger partial charge is 0.465 e. The molecule has 2 aromatic rings. The number of methoxy groups -OCH3 is 1. The molecule has 0 saturated heterocycles. The van der Waals surface area contributed by atoms with Crippen molar-refractivity contribution in [1.29, 1.82) is 0 Å². The summed E-state index contributed by atoms with van der Waals surface area (Å²) >= 11 is 6.60. The Labute approximate surface area is 113 Å². The van der Waals surface area contributed by atoms with Gasteiger partial charge in [-0.15, -0.1) is 0 Å². The summed E-state index contributed by atoms with van der Waals surface area (Å²) in [6.07, 6.45) is 0. The molecule has 1 aromatic carbocycles. The van der Waals surface area contributed by atoms with Crippen LogP contribution in [0.2, 0.25) is 0 Å². The van der Waals surface area contributed by atoms with Crippen LogP contribution < -0.4 is 5.63 Å². The van der Waals surface area contributed by atoms with Gasteiger partial charge in [0.25, 0.3) is 0 Å². The van der Waals surface area contributed by atoms with Crippen LogP contribution in [0.15, 0.2) is 36.4 Å². The average molecular weight is 362 g/mol. The summed E-state index contributed by atoms with van der Waals surface area (Å²) in [4.78, 5) is 22.9. The van der Waals surface area contributed by atoms with E-state index in [4.69, 9.17) is 4.42 Å². The van der Waals surface area contributed by atoms with Crippen LogP contribution in [0.3, 0.4) is 0 Å². The Morgan fingerprint density at radius 2 is 2.00 bits per heavy atom. The van der Waals surface area contributed by atoms with Crippen molar-refractivity contribution in [3.05, 3.63) is 43.1 Å². The number of esters is 1. The topological polar surface area (TPSA) is 56.5 Å². The van der Waals surface area contributed by atoms with Crippen LogP contribution in [-0.2, 0) is 4.74 Å². The van der Waals surface area contributed by atoms with E-state index >= 15 is 0 Å². The Hall–Kier alpha value is -1.14. The number of hydrogen-bond donors (Lipinski definition) is 0. The zero-order chi connectivity index (χ0) is 12.6. The highest BCUT2D eigenvalue weighted by Gasteiger charge is 2.15. The first-order chi connectivity index (χ1) is 8.02. The van der Waals surface area contributed by atoms with Crippen molar-refractivity contribution >= 4 is 48.8 Å². The second-order valence-electron chi connectivity index (χ2n) is 3.25. The summed E-state index contributed by atoms with van der Waals surface area (Å²) in [5, 5.41) is 0.631. The van der Waals surface area contributed by atoms with Gasteiger partial charge in [0.05, 0.1) is 11.6 Å². The van der Waals surface area contributed by atoms with Gasteiger partial charge in [0, 0.05) is 9.86 Å². The van der Waals surface area contributed by atoms with E-state index in [0.29, 0.717) is 15.4 Å². The molecule has 6 heteroatoms. The van der Waals surface area contributed by atoms with Crippen LogP contribution in [0.1, 0.15) is 10.4 Å². The van der Waals surface area contributed by atoms with Crippen molar-refractivity contribution in [2.45, 2.75) is 0 Å². The van der Waals surface area contributed by atoms with Gasteiger partial charge in [-0.3, -0.25) is 0 Å². The molecule has 88 valence electrons. The average Bonchev–Trinajstić information content (AvgIpc) is 2.28. The fraction of sp³-hybridized carbons (Fsp3) is 0.0909. The van der Waals surface area contributed by atoms with E-state index in [9.17, 15) is 9.59 Å².